The highest BCUT2D eigenvalue weighted by Gasteiger charge is 2.13. The maximum absolute atomic E-state index is 6.21. The largest absolute Gasteiger partial charge is 0.488 e. The van der Waals surface area contributed by atoms with Crippen LogP contribution in [0.3, 0.4) is 0 Å². The minimum atomic E-state index is 0.393. The Bertz CT molecular complexity index is 1500. The normalized spacial score (nSPS) is 12.8. The lowest BCUT2D eigenvalue weighted by Crippen LogP contribution is -2.30. The third-order valence-electron chi connectivity index (χ3n) is 5.73. The number of nitrogens with zero attached hydrogens (tertiary/aromatic N) is 6. The van der Waals surface area contributed by atoms with Crippen LogP contribution in [0, 0.1) is 0 Å². The van der Waals surface area contributed by atoms with Crippen LogP contribution in [0.2, 0.25) is 0 Å². The maximum atomic E-state index is 6.21. The number of benzene rings is 2. The number of anilines is 2. The third kappa shape index (κ3) is 4.84. The van der Waals surface area contributed by atoms with Gasteiger partial charge in [-0.05, 0) is 29.8 Å². The van der Waals surface area contributed by atoms with Gasteiger partial charge in [0, 0.05) is 58.6 Å². The number of aromatic nitrogens is 5. The minimum absolute atomic E-state index is 0.393. The van der Waals surface area contributed by atoms with Crippen LogP contribution in [-0.2, 0) is 13.2 Å². The molecule has 2 aromatic carbocycles. The summed E-state index contributed by atoms with van der Waals surface area (Å²) in [5.41, 5.74) is 8.82. The molecule has 0 saturated carbocycles. The molecule has 10 heteroatoms. The first-order chi connectivity index (χ1) is 17.8. The zero-order chi connectivity index (χ0) is 24.2. The van der Waals surface area contributed by atoms with Crippen LogP contribution in [0.1, 0.15) is 11.1 Å². The highest BCUT2D eigenvalue weighted by atomic mass is 16.5. The van der Waals surface area contributed by atoms with E-state index in [1.165, 1.54) is 0 Å². The summed E-state index contributed by atoms with van der Waals surface area (Å²) in [6.45, 7) is 1.72. The molecule has 0 saturated heterocycles. The third-order valence-corrected chi connectivity index (χ3v) is 5.73. The number of nitrogens with one attached hydrogen (secondary N) is 3. The van der Waals surface area contributed by atoms with E-state index >= 15 is 0 Å². The van der Waals surface area contributed by atoms with Crippen molar-refractivity contribution >= 4 is 28.9 Å². The van der Waals surface area contributed by atoms with Crippen molar-refractivity contribution < 1.29 is 4.74 Å². The van der Waals surface area contributed by atoms with Crippen LogP contribution >= 0.6 is 0 Å². The number of hydrogen-bond acceptors (Lipinski definition) is 9. The van der Waals surface area contributed by atoms with Gasteiger partial charge in [0.15, 0.2) is 0 Å². The molecule has 0 bridgehead atoms. The molecule has 1 aliphatic heterocycles. The van der Waals surface area contributed by atoms with Crippen LogP contribution < -0.4 is 15.5 Å². The lowest BCUT2D eigenvalue weighted by atomic mass is 10.1. The first kappa shape index (κ1) is 21.7. The highest BCUT2D eigenvalue weighted by Crippen LogP contribution is 2.34. The number of fused-ring (bicyclic) bond motifs is 1. The lowest BCUT2D eigenvalue weighted by molar-refractivity contribution is 0.307. The molecule has 0 spiro atoms. The van der Waals surface area contributed by atoms with Crippen molar-refractivity contribution in [2.24, 2.45) is 4.99 Å². The standard InChI is InChI=1S/C26H23N9O/c1-3-18(14-35-17-28-16-32-35)7-22(5-1)33-26-29-11-20-8-23(21-12-30-31-13-21)25(9-24(20)34-26)36-15-19-4-2-6-27-10-19/h1-13,17,32H,14-16H2,(H,30,31)(H,29,33,34). The molecule has 0 aliphatic carbocycles. The van der Waals surface area contributed by atoms with Gasteiger partial charge in [0.05, 0.1) is 18.3 Å². The highest BCUT2D eigenvalue weighted by molar-refractivity contribution is 5.88. The van der Waals surface area contributed by atoms with Gasteiger partial charge in [-0.3, -0.25) is 20.1 Å². The average molecular weight is 478 g/mol. The fraction of sp³-hybridized carbons (Fsp3) is 0.115. The molecule has 0 unspecified atom stereocenters. The van der Waals surface area contributed by atoms with Crippen molar-refractivity contribution in [1.82, 2.24) is 35.6 Å². The molecule has 6 rings (SSSR count). The monoisotopic (exact) mass is 477 g/mol. The molecule has 0 fully saturated rings. The van der Waals surface area contributed by atoms with Gasteiger partial charge < -0.3 is 10.1 Å². The average Bonchev–Trinajstić information content (AvgIpc) is 3.63. The molecule has 3 N–H and O–H groups in total. The Kier molecular flexibility index (Phi) is 5.91. The zero-order valence-electron chi connectivity index (χ0n) is 19.3. The number of ether oxygens (including phenoxy) is 1. The number of hydrazine groups is 1. The van der Waals surface area contributed by atoms with Crippen LogP contribution in [-0.4, -0.2) is 43.2 Å². The number of aromatic amines is 1. The van der Waals surface area contributed by atoms with Crippen molar-refractivity contribution in [3.05, 3.63) is 90.6 Å². The van der Waals surface area contributed by atoms with Crippen LogP contribution in [0.25, 0.3) is 22.0 Å². The summed E-state index contributed by atoms with van der Waals surface area (Å²) in [5, 5.41) is 13.1. The van der Waals surface area contributed by atoms with Gasteiger partial charge >= 0.3 is 0 Å². The fourth-order valence-corrected chi connectivity index (χ4v) is 3.99. The Morgan fingerprint density at radius 2 is 2.00 bits per heavy atom. The summed E-state index contributed by atoms with van der Waals surface area (Å²) in [7, 11) is 0. The van der Waals surface area contributed by atoms with E-state index in [2.05, 4.69) is 48.0 Å². The van der Waals surface area contributed by atoms with Gasteiger partial charge in [0.2, 0.25) is 5.95 Å². The van der Waals surface area contributed by atoms with Crippen molar-refractivity contribution in [2.75, 3.05) is 12.0 Å². The molecule has 3 aromatic heterocycles. The van der Waals surface area contributed by atoms with E-state index in [0.29, 0.717) is 31.5 Å². The first-order valence-corrected chi connectivity index (χ1v) is 11.5. The summed E-state index contributed by atoms with van der Waals surface area (Å²) in [6.07, 6.45) is 10.8. The van der Waals surface area contributed by atoms with E-state index in [9.17, 15) is 0 Å². The van der Waals surface area contributed by atoms with Crippen LogP contribution in [0.15, 0.2) is 84.5 Å². The summed E-state index contributed by atoms with van der Waals surface area (Å²) in [5.74, 6) is 1.22. The summed E-state index contributed by atoms with van der Waals surface area (Å²) >= 11 is 0. The first-order valence-electron chi connectivity index (χ1n) is 11.5. The van der Waals surface area contributed by atoms with Crippen LogP contribution in [0.4, 0.5) is 11.6 Å². The van der Waals surface area contributed by atoms with Crippen molar-refractivity contribution in [2.45, 2.75) is 13.2 Å². The Morgan fingerprint density at radius 3 is 2.83 bits per heavy atom. The lowest BCUT2D eigenvalue weighted by Gasteiger charge is -2.15. The molecule has 5 aromatic rings. The molecule has 0 amide bonds. The van der Waals surface area contributed by atoms with Gasteiger partial charge in [0.25, 0.3) is 0 Å². The predicted molar refractivity (Wildman–Crippen MR) is 137 cm³/mol. The summed E-state index contributed by atoms with van der Waals surface area (Å²) in [6, 6.07) is 16.0. The molecule has 10 nitrogen and oxygen atoms in total. The van der Waals surface area contributed by atoms with Gasteiger partial charge in [-0.15, -0.1) is 0 Å². The zero-order valence-corrected chi connectivity index (χ0v) is 19.3. The number of H-pyrrole nitrogens is 1. The second-order valence-electron chi connectivity index (χ2n) is 8.31. The SMILES string of the molecule is C1=NCNN1Cc1cccc(Nc2ncc3cc(-c4cn[nH]c4)c(OCc4cccnc4)cc3n2)c1. The van der Waals surface area contributed by atoms with E-state index in [4.69, 9.17) is 9.72 Å². The Labute approximate surface area is 207 Å². The molecule has 4 heterocycles. The van der Waals surface area contributed by atoms with Crippen molar-refractivity contribution in [3.63, 3.8) is 0 Å². The molecule has 0 radical (unpaired) electrons. The second-order valence-corrected chi connectivity index (χ2v) is 8.31. The van der Waals surface area contributed by atoms with E-state index < -0.39 is 0 Å². The van der Waals surface area contributed by atoms with Gasteiger partial charge in [-0.25, -0.2) is 15.4 Å². The van der Waals surface area contributed by atoms with E-state index in [-0.39, 0.29) is 0 Å². The predicted octanol–water partition coefficient (Wildman–Crippen LogP) is 4.04. The molecular formula is C26H23N9O. The molecular weight excluding hydrogens is 454 g/mol. The van der Waals surface area contributed by atoms with Gasteiger partial charge in [-0.1, -0.05) is 18.2 Å². The molecule has 178 valence electrons. The smallest absolute Gasteiger partial charge is 0.227 e. The maximum Gasteiger partial charge on any atom is 0.227 e. The quantitative estimate of drug-likeness (QED) is 0.307. The van der Waals surface area contributed by atoms with E-state index in [1.54, 1.807) is 24.9 Å². The number of hydrogen-bond donors (Lipinski definition) is 3. The fourth-order valence-electron chi connectivity index (χ4n) is 3.99. The molecule has 0 atom stereocenters. The molecule has 1 aliphatic rings. The van der Waals surface area contributed by atoms with E-state index in [1.807, 2.05) is 53.8 Å². The summed E-state index contributed by atoms with van der Waals surface area (Å²) in [4.78, 5) is 17.6. The Hall–Kier alpha value is -4.83. The van der Waals surface area contributed by atoms with Gasteiger partial charge in [0.1, 0.15) is 25.4 Å². The van der Waals surface area contributed by atoms with Crippen molar-refractivity contribution in [1.29, 1.82) is 0 Å². The minimum Gasteiger partial charge on any atom is -0.488 e. The molecule has 36 heavy (non-hydrogen) atoms. The Balaban J connectivity index is 1.28. The van der Waals surface area contributed by atoms with Gasteiger partial charge in [-0.2, -0.15) is 5.10 Å². The van der Waals surface area contributed by atoms with Crippen molar-refractivity contribution in [3.8, 4) is 16.9 Å². The Morgan fingerprint density at radius 1 is 1.03 bits per heavy atom. The second kappa shape index (κ2) is 9.80. The number of pyridine rings is 1. The van der Waals surface area contributed by atoms with E-state index in [0.717, 1.165) is 38.8 Å². The number of rotatable bonds is 8. The summed E-state index contributed by atoms with van der Waals surface area (Å²) < 4.78 is 6.21. The topological polar surface area (TPSA) is 116 Å². The number of aliphatic imine (C=N–C) groups is 1. The van der Waals surface area contributed by atoms with Crippen LogP contribution in [0.5, 0.6) is 5.75 Å².